The van der Waals surface area contributed by atoms with Crippen LogP contribution in [-0.4, -0.2) is 47.9 Å². The van der Waals surface area contributed by atoms with Gasteiger partial charge in [-0.3, -0.25) is 9.59 Å². The number of rotatable bonds is 6. The molecule has 1 fully saturated rings. The van der Waals surface area contributed by atoms with Gasteiger partial charge >= 0.3 is 0 Å². The number of nitrogens with zero attached hydrogens (tertiary/aromatic N) is 2. The fourth-order valence-corrected chi connectivity index (χ4v) is 2.97. The predicted molar refractivity (Wildman–Crippen MR) is 96.6 cm³/mol. The van der Waals surface area contributed by atoms with E-state index in [-0.39, 0.29) is 30.2 Å². The number of oxazole rings is 1. The minimum absolute atomic E-state index is 0.0437. The molecule has 2 heterocycles. The van der Waals surface area contributed by atoms with Crippen LogP contribution in [0.3, 0.4) is 0 Å². The number of benzene rings is 1. The molecule has 0 radical (unpaired) electrons. The minimum Gasteiger partial charge on any atom is -0.497 e. The molecule has 144 valence electrons. The normalized spacial score (nSPS) is 14.7. The molecule has 27 heavy (non-hydrogen) atoms. The molecule has 0 spiro atoms. The number of carbonyl (C=O) groups is 2. The third kappa shape index (κ3) is 4.99. The average molecular weight is 373 g/mol. The lowest BCUT2D eigenvalue weighted by molar-refractivity contribution is -0.119. The van der Waals surface area contributed by atoms with E-state index in [2.05, 4.69) is 10.3 Å². The highest BCUT2D eigenvalue weighted by molar-refractivity contribution is 5.92. The van der Waals surface area contributed by atoms with Crippen LogP contribution in [0, 0.1) is 0 Å². The van der Waals surface area contributed by atoms with Gasteiger partial charge in [-0.15, -0.1) is 0 Å². The summed E-state index contributed by atoms with van der Waals surface area (Å²) in [7, 11) is 1.60. The minimum atomic E-state index is -0.171. The molecular formula is C19H23N3O5. The number of ether oxygens (including phenoxy) is 2. The zero-order valence-corrected chi connectivity index (χ0v) is 15.4. The van der Waals surface area contributed by atoms with Crippen LogP contribution in [0.5, 0.6) is 11.5 Å². The van der Waals surface area contributed by atoms with Gasteiger partial charge in [-0.2, -0.15) is 0 Å². The SMILES string of the molecule is COc1ccc(OCc2nc(C(=O)N3CCC(NC(C)=O)CC3)co2)cc1. The van der Waals surface area contributed by atoms with Crippen molar-refractivity contribution in [3.8, 4) is 11.5 Å². The van der Waals surface area contributed by atoms with Crippen LogP contribution in [0.25, 0.3) is 0 Å². The van der Waals surface area contributed by atoms with Gasteiger partial charge in [0.25, 0.3) is 5.91 Å². The lowest BCUT2D eigenvalue weighted by atomic mass is 10.0. The van der Waals surface area contributed by atoms with Gasteiger partial charge in [0.1, 0.15) is 17.8 Å². The van der Waals surface area contributed by atoms with E-state index in [0.29, 0.717) is 24.7 Å². The lowest BCUT2D eigenvalue weighted by Crippen LogP contribution is -2.46. The first kappa shape index (κ1) is 18.8. The van der Waals surface area contributed by atoms with Crippen molar-refractivity contribution in [2.45, 2.75) is 32.4 Å². The monoisotopic (exact) mass is 373 g/mol. The van der Waals surface area contributed by atoms with Gasteiger partial charge in [-0.25, -0.2) is 4.98 Å². The fraction of sp³-hybridized carbons (Fsp3) is 0.421. The molecule has 0 saturated carbocycles. The molecule has 0 bridgehead atoms. The molecule has 1 aromatic carbocycles. The van der Waals surface area contributed by atoms with Gasteiger partial charge in [0.05, 0.1) is 7.11 Å². The molecule has 8 nitrogen and oxygen atoms in total. The molecule has 8 heteroatoms. The number of hydrogen-bond donors (Lipinski definition) is 1. The molecule has 1 aromatic heterocycles. The Morgan fingerprint density at radius 3 is 2.52 bits per heavy atom. The van der Waals surface area contributed by atoms with E-state index in [0.717, 1.165) is 18.6 Å². The van der Waals surface area contributed by atoms with Crippen LogP contribution < -0.4 is 14.8 Å². The Morgan fingerprint density at radius 2 is 1.89 bits per heavy atom. The topological polar surface area (TPSA) is 93.9 Å². The van der Waals surface area contributed by atoms with Gasteiger partial charge in [-0.05, 0) is 37.1 Å². The summed E-state index contributed by atoms with van der Waals surface area (Å²) in [5.74, 6) is 1.52. The number of piperidine rings is 1. The van der Waals surface area contributed by atoms with Crippen molar-refractivity contribution in [1.82, 2.24) is 15.2 Å². The number of likely N-dealkylation sites (tertiary alicyclic amines) is 1. The van der Waals surface area contributed by atoms with Crippen molar-refractivity contribution in [2.75, 3.05) is 20.2 Å². The van der Waals surface area contributed by atoms with Crippen LogP contribution in [0.4, 0.5) is 0 Å². The fourth-order valence-electron chi connectivity index (χ4n) is 2.97. The van der Waals surface area contributed by atoms with E-state index >= 15 is 0 Å². The van der Waals surface area contributed by atoms with E-state index < -0.39 is 0 Å². The quantitative estimate of drug-likeness (QED) is 0.832. The average Bonchev–Trinajstić information content (AvgIpc) is 3.15. The van der Waals surface area contributed by atoms with Gasteiger partial charge in [0, 0.05) is 26.1 Å². The molecule has 0 aliphatic carbocycles. The van der Waals surface area contributed by atoms with E-state index in [9.17, 15) is 9.59 Å². The summed E-state index contributed by atoms with van der Waals surface area (Å²) in [5, 5.41) is 2.89. The third-order valence-electron chi connectivity index (χ3n) is 4.38. The Bertz CT molecular complexity index is 779. The number of amides is 2. The Morgan fingerprint density at radius 1 is 1.22 bits per heavy atom. The largest absolute Gasteiger partial charge is 0.497 e. The zero-order valence-electron chi connectivity index (χ0n) is 15.4. The van der Waals surface area contributed by atoms with Crippen LogP contribution in [-0.2, 0) is 11.4 Å². The van der Waals surface area contributed by atoms with Crippen molar-refractivity contribution >= 4 is 11.8 Å². The second-order valence-corrected chi connectivity index (χ2v) is 6.36. The van der Waals surface area contributed by atoms with Crippen LogP contribution >= 0.6 is 0 Å². The highest BCUT2D eigenvalue weighted by Gasteiger charge is 2.25. The molecule has 1 aliphatic heterocycles. The predicted octanol–water partition coefficient (Wildman–Crippen LogP) is 2.00. The zero-order chi connectivity index (χ0) is 19.2. The third-order valence-corrected chi connectivity index (χ3v) is 4.38. The number of aromatic nitrogens is 1. The Hall–Kier alpha value is -3.03. The molecule has 2 aromatic rings. The molecule has 0 atom stereocenters. The first-order valence-corrected chi connectivity index (χ1v) is 8.83. The lowest BCUT2D eigenvalue weighted by Gasteiger charge is -2.31. The molecule has 2 amide bonds. The van der Waals surface area contributed by atoms with Gasteiger partial charge in [-0.1, -0.05) is 0 Å². The highest BCUT2D eigenvalue weighted by Crippen LogP contribution is 2.19. The Kier molecular flexibility index (Phi) is 5.95. The highest BCUT2D eigenvalue weighted by atomic mass is 16.5. The smallest absolute Gasteiger partial charge is 0.275 e. The van der Waals surface area contributed by atoms with E-state index in [1.165, 1.54) is 13.2 Å². The van der Waals surface area contributed by atoms with E-state index in [1.807, 2.05) is 0 Å². The first-order valence-electron chi connectivity index (χ1n) is 8.83. The molecule has 1 N–H and O–H groups in total. The summed E-state index contributed by atoms with van der Waals surface area (Å²) in [4.78, 5) is 29.6. The van der Waals surface area contributed by atoms with Crippen molar-refractivity contribution in [3.05, 3.63) is 42.1 Å². The summed E-state index contributed by atoms with van der Waals surface area (Å²) in [5.41, 5.74) is 0.265. The first-order chi connectivity index (χ1) is 13.0. The van der Waals surface area contributed by atoms with E-state index in [1.54, 1.807) is 36.3 Å². The maximum Gasteiger partial charge on any atom is 0.275 e. The Balaban J connectivity index is 1.51. The standard InChI is InChI=1S/C19H23N3O5/c1-13(23)20-14-7-9-22(10-8-14)19(24)17-11-27-18(21-17)12-26-16-5-3-15(25-2)4-6-16/h3-6,11,14H,7-10,12H2,1-2H3,(H,20,23). The van der Waals surface area contributed by atoms with Crippen LogP contribution in [0.1, 0.15) is 36.1 Å². The van der Waals surface area contributed by atoms with Gasteiger partial charge in [0.2, 0.25) is 11.8 Å². The molecular weight excluding hydrogens is 350 g/mol. The summed E-state index contributed by atoms with van der Waals surface area (Å²) < 4.78 is 16.1. The van der Waals surface area contributed by atoms with Crippen LogP contribution in [0.2, 0.25) is 0 Å². The molecule has 1 aliphatic rings. The number of carbonyl (C=O) groups excluding carboxylic acids is 2. The number of nitrogens with one attached hydrogen (secondary N) is 1. The second kappa shape index (κ2) is 8.57. The Labute approximate surface area is 157 Å². The van der Waals surface area contributed by atoms with Crippen molar-refractivity contribution in [3.63, 3.8) is 0 Å². The maximum absolute atomic E-state index is 12.5. The molecule has 3 rings (SSSR count). The molecule has 1 saturated heterocycles. The number of methoxy groups -OCH3 is 1. The summed E-state index contributed by atoms with van der Waals surface area (Å²) in [6.07, 6.45) is 2.82. The molecule has 0 unspecified atom stereocenters. The second-order valence-electron chi connectivity index (χ2n) is 6.36. The summed E-state index contributed by atoms with van der Waals surface area (Å²) in [6, 6.07) is 7.28. The van der Waals surface area contributed by atoms with Crippen molar-refractivity contribution in [1.29, 1.82) is 0 Å². The summed E-state index contributed by atoms with van der Waals surface area (Å²) >= 11 is 0. The van der Waals surface area contributed by atoms with Gasteiger partial charge in [0.15, 0.2) is 12.3 Å². The number of hydrogen-bond acceptors (Lipinski definition) is 6. The van der Waals surface area contributed by atoms with Crippen molar-refractivity contribution in [2.24, 2.45) is 0 Å². The van der Waals surface area contributed by atoms with Crippen LogP contribution in [0.15, 0.2) is 34.9 Å². The summed E-state index contributed by atoms with van der Waals surface area (Å²) in [6.45, 7) is 2.79. The van der Waals surface area contributed by atoms with E-state index in [4.69, 9.17) is 13.9 Å². The maximum atomic E-state index is 12.5. The van der Waals surface area contributed by atoms with Crippen molar-refractivity contribution < 1.29 is 23.5 Å². The van der Waals surface area contributed by atoms with Gasteiger partial charge < -0.3 is 24.1 Å².